The fourth-order valence-electron chi connectivity index (χ4n) is 3.32. The van der Waals surface area contributed by atoms with Crippen LogP contribution in [0.3, 0.4) is 0 Å². The van der Waals surface area contributed by atoms with Gasteiger partial charge in [-0.25, -0.2) is 9.65 Å². The molecule has 1 saturated carbocycles. The average Bonchev–Trinajstić information content (AvgIpc) is 3.15. The largest absolute Gasteiger partial charge is 0.459 e. The molecule has 0 heterocycles. The second-order valence-electron chi connectivity index (χ2n) is 7.06. The molecule has 1 atom stereocenters. The van der Waals surface area contributed by atoms with Gasteiger partial charge in [0, 0.05) is 11.2 Å². The smallest absolute Gasteiger partial charge is 0.416 e. The second kappa shape index (κ2) is 9.00. The van der Waals surface area contributed by atoms with Crippen molar-refractivity contribution in [3.8, 4) is 5.75 Å². The number of benzene rings is 2. The summed E-state index contributed by atoms with van der Waals surface area (Å²) in [4.78, 5) is 12.8. The number of rotatable bonds is 7. The summed E-state index contributed by atoms with van der Waals surface area (Å²) in [5.41, 5.74) is -1.35. The van der Waals surface area contributed by atoms with Crippen molar-refractivity contribution in [3.05, 3.63) is 65.7 Å². The van der Waals surface area contributed by atoms with Crippen molar-refractivity contribution in [3.63, 3.8) is 0 Å². The minimum atomic E-state index is -4.50. The van der Waals surface area contributed by atoms with E-state index in [9.17, 15) is 22.5 Å². The molecule has 0 bridgehead atoms. The molecule has 3 rings (SSSR count). The van der Waals surface area contributed by atoms with Crippen molar-refractivity contribution >= 4 is 24.1 Å². The summed E-state index contributed by atoms with van der Waals surface area (Å²) in [5.74, 6) is -0.708. The van der Waals surface area contributed by atoms with Crippen LogP contribution in [-0.2, 0) is 26.9 Å². The highest BCUT2D eigenvalue weighted by Gasteiger charge is 2.47. The van der Waals surface area contributed by atoms with E-state index in [1.54, 1.807) is 0 Å². The van der Waals surface area contributed by atoms with E-state index in [-0.39, 0.29) is 12.4 Å². The maximum absolute atomic E-state index is 12.8. The maximum atomic E-state index is 12.8. The predicted octanol–water partition coefficient (Wildman–Crippen LogP) is 6.08. The molecule has 0 aliphatic heterocycles. The molecule has 1 N–H and O–H groups in total. The summed E-state index contributed by atoms with van der Waals surface area (Å²) in [6.07, 6.45) is -2.39. The van der Waals surface area contributed by atoms with Crippen LogP contribution in [0, 0.1) is 0 Å². The van der Waals surface area contributed by atoms with E-state index in [0.29, 0.717) is 25.7 Å². The zero-order valence-electron chi connectivity index (χ0n) is 15.8. The van der Waals surface area contributed by atoms with Crippen LogP contribution >= 0.6 is 18.1 Å². The zero-order chi connectivity index (χ0) is 21.8. The lowest BCUT2D eigenvalue weighted by atomic mass is 10.00. The number of ether oxygens (including phenoxy) is 1. The number of hydrogen-bond donors (Lipinski definition) is 1. The Balaban J connectivity index is 1.68. The van der Waals surface area contributed by atoms with Gasteiger partial charge in [-0.15, -0.1) is 0 Å². The van der Waals surface area contributed by atoms with Crippen molar-refractivity contribution in [2.24, 2.45) is 0 Å². The highest BCUT2D eigenvalue weighted by molar-refractivity contribution is 7.84. The Morgan fingerprint density at radius 3 is 2.23 bits per heavy atom. The van der Waals surface area contributed by atoms with Gasteiger partial charge in [0.15, 0.2) is 0 Å². The van der Waals surface area contributed by atoms with Crippen molar-refractivity contribution in [2.75, 3.05) is 0 Å². The van der Waals surface area contributed by atoms with Gasteiger partial charge < -0.3 is 9.26 Å². The van der Waals surface area contributed by atoms with Crippen LogP contribution < -0.4 is 9.61 Å². The average molecular weight is 462 g/mol. The molecular weight excluding hydrogens is 442 g/mol. The summed E-state index contributed by atoms with van der Waals surface area (Å²) in [7, 11) is 0. The van der Waals surface area contributed by atoms with Crippen LogP contribution in [0.5, 0.6) is 5.75 Å². The number of carbonyl (C=O) groups is 1. The molecule has 5 nitrogen and oxygen atoms in total. The van der Waals surface area contributed by atoms with Crippen LogP contribution in [0.25, 0.3) is 0 Å². The number of esters is 1. The molecule has 10 heteroatoms. The van der Waals surface area contributed by atoms with E-state index in [1.807, 2.05) is 30.3 Å². The Morgan fingerprint density at radius 2 is 1.67 bits per heavy atom. The Labute approximate surface area is 176 Å². The van der Waals surface area contributed by atoms with Gasteiger partial charge in [-0.3, -0.25) is 4.79 Å². The molecule has 0 amide bonds. The summed E-state index contributed by atoms with van der Waals surface area (Å²) in [5, 5.41) is 2.60. The first kappa shape index (κ1) is 22.7. The Kier molecular flexibility index (Phi) is 6.80. The van der Waals surface area contributed by atoms with Crippen molar-refractivity contribution in [1.29, 1.82) is 0 Å². The van der Waals surface area contributed by atoms with Crippen LogP contribution in [0.15, 0.2) is 54.6 Å². The number of carbonyl (C=O) groups excluding carboxylic acids is 1. The van der Waals surface area contributed by atoms with Gasteiger partial charge >= 0.3 is 19.0 Å². The molecule has 1 aliphatic carbocycles. The second-order valence-corrected chi connectivity index (χ2v) is 9.76. The lowest BCUT2D eigenvalue weighted by molar-refractivity contribution is -0.152. The van der Waals surface area contributed by atoms with Gasteiger partial charge in [0.25, 0.3) is 0 Å². The lowest BCUT2D eigenvalue weighted by Crippen LogP contribution is -2.49. The fraction of sp³-hybridized carbons (Fsp3) is 0.350. The molecule has 1 fully saturated rings. The SMILES string of the molecule is O=C(OCc1ccccc1)C1(NP(=O)(Cl)Oc2ccc(C(F)(F)F)cc2)CCCC1. The number of halogens is 4. The lowest BCUT2D eigenvalue weighted by Gasteiger charge is -2.29. The van der Waals surface area contributed by atoms with Crippen LogP contribution in [0.1, 0.15) is 36.8 Å². The van der Waals surface area contributed by atoms with Crippen molar-refractivity contribution < 1.29 is 31.8 Å². The summed E-state index contributed by atoms with van der Waals surface area (Å²) >= 11 is 6.02. The molecule has 2 aromatic rings. The molecule has 0 saturated heterocycles. The van der Waals surface area contributed by atoms with E-state index in [2.05, 4.69) is 5.09 Å². The molecule has 2 aromatic carbocycles. The monoisotopic (exact) mass is 461 g/mol. The minimum Gasteiger partial charge on any atom is -0.459 e. The van der Waals surface area contributed by atoms with E-state index < -0.39 is 30.1 Å². The standard InChI is InChI=1S/C20H20ClF3NO4P/c21-30(27,29-17-10-8-16(9-11-17)20(22,23)24)25-19(12-4-5-13-19)18(26)28-14-15-6-2-1-3-7-15/h1-3,6-11H,4-5,12-14H2,(H,25,27). The first-order chi connectivity index (χ1) is 14.1. The highest BCUT2D eigenvalue weighted by Crippen LogP contribution is 2.52. The molecule has 0 spiro atoms. The summed E-state index contributed by atoms with van der Waals surface area (Å²) < 4.78 is 61.4. The molecule has 162 valence electrons. The van der Waals surface area contributed by atoms with Gasteiger partial charge in [-0.2, -0.15) is 13.2 Å². The molecule has 30 heavy (non-hydrogen) atoms. The summed E-state index contributed by atoms with van der Waals surface area (Å²) in [6.45, 7) is -4.04. The number of nitrogens with one attached hydrogen (secondary N) is 1. The third-order valence-corrected chi connectivity index (χ3v) is 6.41. The van der Waals surface area contributed by atoms with Crippen molar-refractivity contribution in [2.45, 2.75) is 44.0 Å². The first-order valence-corrected chi connectivity index (χ1v) is 11.8. The Hall–Kier alpha value is -2.02. The molecule has 0 aromatic heterocycles. The van der Waals surface area contributed by atoms with E-state index in [1.165, 1.54) is 0 Å². The van der Waals surface area contributed by atoms with Crippen LogP contribution in [-0.4, -0.2) is 11.5 Å². The molecular formula is C20H20ClF3NO4P. The van der Waals surface area contributed by atoms with Gasteiger partial charge in [-0.05, 0) is 42.7 Å². The number of alkyl halides is 3. The van der Waals surface area contributed by atoms with E-state index in [0.717, 1.165) is 29.8 Å². The quantitative estimate of drug-likeness (QED) is 0.400. The molecule has 1 aliphatic rings. The maximum Gasteiger partial charge on any atom is 0.416 e. The Bertz CT molecular complexity index is 916. The highest BCUT2D eigenvalue weighted by atomic mass is 35.7. The Morgan fingerprint density at radius 1 is 1.07 bits per heavy atom. The van der Waals surface area contributed by atoms with Crippen LogP contribution in [0.2, 0.25) is 0 Å². The minimum absolute atomic E-state index is 0.0510. The number of hydrogen-bond acceptors (Lipinski definition) is 4. The fourth-order valence-corrected chi connectivity index (χ4v) is 5.31. The van der Waals surface area contributed by atoms with Gasteiger partial charge in [-0.1, -0.05) is 43.2 Å². The zero-order valence-corrected chi connectivity index (χ0v) is 17.5. The normalized spacial score (nSPS) is 17.9. The van der Waals surface area contributed by atoms with E-state index >= 15 is 0 Å². The van der Waals surface area contributed by atoms with Crippen LogP contribution in [0.4, 0.5) is 13.2 Å². The van der Waals surface area contributed by atoms with Gasteiger partial charge in [0.2, 0.25) is 0 Å². The first-order valence-electron chi connectivity index (χ1n) is 9.27. The molecule has 1 unspecified atom stereocenters. The third kappa shape index (κ3) is 5.78. The van der Waals surface area contributed by atoms with E-state index in [4.69, 9.17) is 20.5 Å². The van der Waals surface area contributed by atoms with Gasteiger partial charge in [0.05, 0.1) is 5.56 Å². The molecule has 0 radical (unpaired) electrons. The predicted molar refractivity (Wildman–Crippen MR) is 106 cm³/mol. The summed E-state index contributed by atoms with van der Waals surface area (Å²) in [6, 6.07) is 12.7. The topological polar surface area (TPSA) is 64.6 Å². The van der Waals surface area contributed by atoms with Crippen molar-refractivity contribution in [1.82, 2.24) is 5.09 Å². The third-order valence-electron chi connectivity index (χ3n) is 4.81. The van der Waals surface area contributed by atoms with Gasteiger partial charge in [0.1, 0.15) is 17.9 Å².